The van der Waals surface area contributed by atoms with Crippen molar-refractivity contribution in [2.75, 3.05) is 13.7 Å². The number of ether oxygens (including phenoxy) is 2. The molecule has 1 unspecified atom stereocenters. The molecule has 0 aliphatic rings. The number of methoxy groups -OCH3 is 1. The molecule has 6 heteroatoms. The van der Waals surface area contributed by atoms with Gasteiger partial charge in [0.2, 0.25) is 0 Å². The summed E-state index contributed by atoms with van der Waals surface area (Å²) in [5.74, 6) is -0.674. The van der Waals surface area contributed by atoms with E-state index in [1.54, 1.807) is 24.3 Å². The molecule has 1 atom stereocenters. The zero-order chi connectivity index (χ0) is 17.2. The maximum absolute atomic E-state index is 12.4. The van der Waals surface area contributed by atoms with E-state index in [1.165, 1.54) is 7.11 Å². The summed E-state index contributed by atoms with van der Waals surface area (Å²) in [6.07, 6.45) is 3.52. The van der Waals surface area contributed by atoms with E-state index in [4.69, 9.17) is 9.47 Å². The largest absolute Gasteiger partial charge is 0.497 e. The van der Waals surface area contributed by atoms with Crippen LogP contribution in [0.3, 0.4) is 0 Å². The lowest BCUT2D eigenvalue weighted by Gasteiger charge is -2.16. The normalized spacial score (nSPS) is 11.4. The third-order valence-corrected chi connectivity index (χ3v) is 3.24. The molecule has 126 valence electrons. The standard InChI is InChI=1S/C17H23NO5/c1-4-6-7-14(17(20)21)18-16(19)13-9-8-12(22-3)11-15(13)23-10-5-2/h5,8-9,11,14H,2,4,6-7,10H2,1,3H3,(H,18,19)(H,20,21). The van der Waals surface area contributed by atoms with E-state index >= 15 is 0 Å². The van der Waals surface area contributed by atoms with Gasteiger partial charge < -0.3 is 19.9 Å². The smallest absolute Gasteiger partial charge is 0.326 e. The number of carboxylic acid groups (broad SMARTS) is 1. The first-order valence-electron chi connectivity index (χ1n) is 7.48. The van der Waals surface area contributed by atoms with Crippen molar-refractivity contribution in [3.8, 4) is 11.5 Å². The van der Waals surface area contributed by atoms with Crippen molar-refractivity contribution < 1.29 is 24.2 Å². The maximum atomic E-state index is 12.4. The second-order valence-corrected chi connectivity index (χ2v) is 4.97. The summed E-state index contributed by atoms with van der Waals surface area (Å²) >= 11 is 0. The topological polar surface area (TPSA) is 84.9 Å². The average molecular weight is 321 g/mol. The van der Waals surface area contributed by atoms with Gasteiger partial charge in [-0.3, -0.25) is 4.79 Å². The molecule has 0 bridgehead atoms. The molecular weight excluding hydrogens is 298 g/mol. The Hall–Kier alpha value is -2.50. The molecule has 1 amide bonds. The van der Waals surface area contributed by atoms with Gasteiger partial charge in [-0.15, -0.1) is 0 Å². The number of hydrogen-bond donors (Lipinski definition) is 2. The fourth-order valence-electron chi connectivity index (χ4n) is 1.99. The molecule has 0 fully saturated rings. The highest BCUT2D eigenvalue weighted by molar-refractivity contribution is 5.99. The van der Waals surface area contributed by atoms with Gasteiger partial charge in [0.05, 0.1) is 12.7 Å². The van der Waals surface area contributed by atoms with E-state index in [1.807, 2.05) is 6.92 Å². The monoisotopic (exact) mass is 321 g/mol. The Balaban J connectivity index is 2.95. The van der Waals surface area contributed by atoms with Crippen LogP contribution in [-0.4, -0.2) is 36.7 Å². The van der Waals surface area contributed by atoms with Gasteiger partial charge in [-0.25, -0.2) is 4.79 Å². The van der Waals surface area contributed by atoms with Crippen molar-refractivity contribution in [3.05, 3.63) is 36.4 Å². The van der Waals surface area contributed by atoms with Gasteiger partial charge in [0, 0.05) is 6.07 Å². The lowest BCUT2D eigenvalue weighted by molar-refractivity contribution is -0.139. The van der Waals surface area contributed by atoms with Gasteiger partial charge in [-0.1, -0.05) is 32.4 Å². The molecular formula is C17H23NO5. The first kappa shape index (κ1) is 18.5. The lowest BCUT2D eigenvalue weighted by Crippen LogP contribution is -2.40. The number of carboxylic acids is 1. The Morgan fingerprint density at radius 2 is 2.17 bits per heavy atom. The first-order valence-corrected chi connectivity index (χ1v) is 7.48. The van der Waals surface area contributed by atoms with Crippen LogP contribution >= 0.6 is 0 Å². The van der Waals surface area contributed by atoms with Gasteiger partial charge in [0.1, 0.15) is 24.1 Å². The molecule has 1 aromatic rings. The minimum Gasteiger partial charge on any atom is -0.497 e. The number of nitrogens with one attached hydrogen (secondary N) is 1. The summed E-state index contributed by atoms with van der Waals surface area (Å²) in [6, 6.07) is 3.83. The molecule has 0 radical (unpaired) electrons. The van der Waals surface area contributed by atoms with E-state index in [0.29, 0.717) is 17.9 Å². The summed E-state index contributed by atoms with van der Waals surface area (Å²) in [4.78, 5) is 23.6. The number of amides is 1. The van der Waals surface area contributed by atoms with E-state index in [-0.39, 0.29) is 12.2 Å². The van der Waals surface area contributed by atoms with Crippen molar-refractivity contribution in [1.82, 2.24) is 5.32 Å². The summed E-state index contributed by atoms with van der Waals surface area (Å²) in [6.45, 7) is 5.76. The lowest BCUT2D eigenvalue weighted by atomic mass is 10.1. The molecule has 0 saturated carbocycles. The fraction of sp³-hybridized carbons (Fsp3) is 0.412. The molecule has 23 heavy (non-hydrogen) atoms. The second-order valence-electron chi connectivity index (χ2n) is 4.97. The molecule has 6 nitrogen and oxygen atoms in total. The first-order chi connectivity index (χ1) is 11.0. The fourth-order valence-corrected chi connectivity index (χ4v) is 1.99. The Bertz CT molecular complexity index is 556. The van der Waals surface area contributed by atoms with Crippen molar-refractivity contribution in [3.63, 3.8) is 0 Å². The zero-order valence-corrected chi connectivity index (χ0v) is 13.5. The molecule has 0 aliphatic carbocycles. The van der Waals surface area contributed by atoms with Crippen molar-refractivity contribution in [2.45, 2.75) is 32.2 Å². The third kappa shape index (κ3) is 5.65. The van der Waals surface area contributed by atoms with Crippen LogP contribution in [0.1, 0.15) is 36.5 Å². The van der Waals surface area contributed by atoms with Gasteiger partial charge in [-0.2, -0.15) is 0 Å². The van der Waals surface area contributed by atoms with Crippen LogP contribution in [-0.2, 0) is 4.79 Å². The van der Waals surface area contributed by atoms with Gasteiger partial charge >= 0.3 is 5.97 Å². The Labute approximate surface area is 136 Å². The van der Waals surface area contributed by atoms with Crippen LogP contribution in [0.25, 0.3) is 0 Å². The van der Waals surface area contributed by atoms with Crippen LogP contribution in [0.5, 0.6) is 11.5 Å². The van der Waals surface area contributed by atoms with E-state index in [0.717, 1.165) is 12.8 Å². The third-order valence-electron chi connectivity index (χ3n) is 3.24. The van der Waals surface area contributed by atoms with E-state index in [9.17, 15) is 14.7 Å². The summed E-state index contributed by atoms with van der Waals surface area (Å²) in [5, 5.41) is 11.7. The highest BCUT2D eigenvalue weighted by Crippen LogP contribution is 2.25. The second kappa shape index (κ2) is 9.50. The number of aliphatic carboxylic acids is 1. The summed E-state index contributed by atoms with van der Waals surface area (Å²) < 4.78 is 10.6. The molecule has 0 spiro atoms. The minimum absolute atomic E-state index is 0.228. The number of benzene rings is 1. The maximum Gasteiger partial charge on any atom is 0.326 e. The molecule has 0 aliphatic heterocycles. The molecule has 0 saturated heterocycles. The summed E-state index contributed by atoms with van der Waals surface area (Å²) in [7, 11) is 1.51. The predicted octanol–water partition coefficient (Wildman–Crippen LogP) is 2.63. The number of carbonyl (C=O) groups is 2. The zero-order valence-electron chi connectivity index (χ0n) is 13.5. The highest BCUT2D eigenvalue weighted by Gasteiger charge is 2.22. The molecule has 1 aromatic carbocycles. The van der Waals surface area contributed by atoms with Gasteiger partial charge in [0.15, 0.2) is 0 Å². The molecule has 0 aromatic heterocycles. The van der Waals surface area contributed by atoms with Crippen LogP contribution in [0, 0.1) is 0 Å². The van der Waals surface area contributed by atoms with Crippen LogP contribution in [0.4, 0.5) is 0 Å². The van der Waals surface area contributed by atoms with Crippen LogP contribution in [0.15, 0.2) is 30.9 Å². The van der Waals surface area contributed by atoms with Crippen molar-refractivity contribution >= 4 is 11.9 Å². The summed E-state index contributed by atoms with van der Waals surface area (Å²) in [5.41, 5.74) is 0.260. The number of carbonyl (C=O) groups excluding carboxylic acids is 1. The van der Waals surface area contributed by atoms with E-state index in [2.05, 4.69) is 11.9 Å². The minimum atomic E-state index is -1.05. The predicted molar refractivity (Wildman–Crippen MR) is 87.1 cm³/mol. The molecule has 0 heterocycles. The number of hydrogen-bond acceptors (Lipinski definition) is 4. The number of rotatable bonds is 10. The van der Waals surface area contributed by atoms with Gasteiger partial charge in [-0.05, 0) is 18.6 Å². The average Bonchev–Trinajstić information content (AvgIpc) is 2.55. The van der Waals surface area contributed by atoms with Crippen molar-refractivity contribution in [2.24, 2.45) is 0 Å². The highest BCUT2D eigenvalue weighted by atomic mass is 16.5. The van der Waals surface area contributed by atoms with E-state index < -0.39 is 17.9 Å². The molecule has 2 N–H and O–H groups in total. The molecule has 1 rings (SSSR count). The Morgan fingerprint density at radius 3 is 2.74 bits per heavy atom. The SMILES string of the molecule is C=CCOc1cc(OC)ccc1C(=O)NC(CCCC)C(=O)O. The van der Waals surface area contributed by atoms with Crippen LogP contribution < -0.4 is 14.8 Å². The van der Waals surface area contributed by atoms with Crippen LogP contribution in [0.2, 0.25) is 0 Å². The Kier molecular flexibility index (Phi) is 7.66. The van der Waals surface area contributed by atoms with Gasteiger partial charge in [0.25, 0.3) is 5.91 Å². The number of unbranched alkanes of at least 4 members (excludes halogenated alkanes) is 1. The van der Waals surface area contributed by atoms with Crippen molar-refractivity contribution in [1.29, 1.82) is 0 Å². The quantitative estimate of drug-likeness (QED) is 0.647. The Morgan fingerprint density at radius 1 is 1.43 bits per heavy atom.